The summed E-state index contributed by atoms with van der Waals surface area (Å²) in [7, 11) is 0. The highest BCUT2D eigenvalue weighted by Crippen LogP contribution is 2.15. The maximum atomic E-state index is 12.0. The average Bonchev–Trinajstić information content (AvgIpc) is 2.95. The first-order valence-corrected chi connectivity index (χ1v) is 7.21. The van der Waals surface area contributed by atoms with E-state index in [1.807, 2.05) is 19.1 Å². The number of amides is 1. The van der Waals surface area contributed by atoms with Gasteiger partial charge in [0, 0.05) is 11.6 Å². The zero-order chi connectivity index (χ0) is 15.2. The van der Waals surface area contributed by atoms with Gasteiger partial charge in [-0.15, -0.1) is 0 Å². The molecule has 0 radical (unpaired) electrons. The van der Waals surface area contributed by atoms with Gasteiger partial charge in [-0.1, -0.05) is 37.1 Å². The molecule has 21 heavy (non-hydrogen) atoms. The molecule has 1 amide bonds. The predicted molar refractivity (Wildman–Crippen MR) is 81.0 cm³/mol. The molecule has 6 heteroatoms. The molecular formula is C15H18ClN3O2. The third kappa shape index (κ3) is 4.31. The predicted octanol–water partition coefficient (Wildman–Crippen LogP) is 3.06. The minimum Gasteiger partial charge on any atom is -0.446 e. The van der Waals surface area contributed by atoms with E-state index < -0.39 is 0 Å². The lowest BCUT2D eigenvalue weighted by Gasteiger charge is -2.04. The van der Waals surface area contributed by atoms with Crippen molar-refractivity contribution in [2.45, 2.75) is 32.4 Å². The van der Waals surface area contributed by atoms with Crippen molar-refractivity contribution in [3.05, 3.63) is 52.7 Å². The highest BCUT2D eigenvalue weighted by atomic mass is 35.5. The van der Waals surface area contributed by atoms with Crippen molar-refractivity contribution in [2.75, 3.05) is 0 Å². The molecule has 0 spiro atoms. The second-order valence-corrected chi connectivity index (χ2v) is 5.22. The Kier molecular flexibility index (Phi) is 5.36. The quantitative estimate of drug-likeness (QED) is 0.859. The summed E-state index contributed by atoms with van der Waals surface area (Å²) >= 11 is 5.89. The van der Waals surface area contributed by atoms with E-state index in [1.165, 1.54) is 6.26 Å². The topological polar surface area (TPSA) is 81.1 Å². The number of benzene rings is 1. The van der Waals surface area contributed by atoms with Crippen molar-refractivity contribution in [2.24, 2.45) is 5.73 Å². The lowest BCUT2D eigenvalue weighted by atomic mass is 10.2. The van der Waals surface area contributed by atoms with Crippen molar-refractivity contribution >= 4 is 17.5 Å². The van der Waals surface area contributed by atoms with Gasteiger partial charge < -0.3 is 15.5 Å². The molecule has 5 nitrogen and oxygen atoms in total. The van der Waals surface area contributed by atoms with Crippen LogP contribution in [0.15, 0.2) is 34.9 Å². The molecule has 0 aliphatic rings. The molecule has 0 bridgehead atoms. The highest BCUT2D eigenvalue weighted by Gasteiger charge is 2.16. The second kappa shape index (κ2) is 7.24. The van der Waals surface area contributed by atoms with Crippen LogP contribution in [-0.2, 0) is 6.54 Å². The molecule has 3 N–H and O–H groups in total. The molecule has 0 saturated heterocycles. The molecule has 1 aromatic carbocycles. The standard InChI is InChI=1S/C15H18ClN3O2/c1-2-4-12(17)15-19-13(9-21-15)14(20)18-8-10-5-3-6-11(16)7-10/h3,5-7,9,12H,2,4,8,17H2,1H3,(H,18,20). The van der Waals surface area contributed by atoms with E-state index in [4.69, 9.17) is 21.8 Å². The Morgan fingerprint density at radius 1 is 1.52 bits per heavy atom. The SMILES string of the molecule is CCCC(N)c1nc(C(=O)NCc2cccc(Cl)c2)co1. The highest BCUT2D eigenvalue weighted by molar-refractivity contribution is 6.30. The summed E-state index contributed by atoms with van der Waals surface area (Å²) in [6.07, 6.45) is 3.03. The number of halogens is 1. The van der Waals surface area contributed by atoms with Gasteiger partial charge in [-0.3, -0.25) is 4.79 Å². The van der Waals surface area contributed by atoms with Gasteiger partial charge in [-0.05, 0) is 24.1 Å². The van der Waals surface area contributed by atoms with Crippen LogP contribution in [0.2, 0.25) is 5.02 Å². The molecule has 0 aliphatic carbocycles. The molecule has 0 saturated carbocycles. The first-order chi connectivity index (χ1) is 10.1. The normalized spacial score (nSPS) is 12.1. The molecule has 1 atom stereocenters. The smallest absolute Gasteiger partial charge is 0.273 e. The molecule has 1 heterocycles. The molecule has 1 aromatic heterocycles. The number of oxazole rings is 1. The summed E-state index contributed by atoms with van der Waals surface area (Å²) in [5.74, 6) is 0.0958. The summed E-state index contributed by atoms with van der Waals surface area (Å²) < 4.78 is 5.25. The Hall–Kier alpha value is -1.85. The van der Waals surface area contributed by atoms with E-state index in [2.05, 4.69) is 10.3 Å². The maximum Gasteiger partial charge on any atom is 0.273 e. The largest absolute Gasteiger partial charge is 0.446 e. The maximum absolute atomic E-state index is 12.0. The van der Waals surface area contributed by atoms with Gasteiger partial charge in [0.05, 0.1) is 6.04 Å². The Balaban J connectivity index is 1.94. The van der Waals surface area contributed by atoms with Gasteiger partial charge in [0.2, 0.25) is 5.89 Å². The average molecular weight is 308 g/mol. The molecule has 2 rings (SSSR count). The van der Waals surface area contributed by atoms with E-state index in [0.29, 0.717) is 17.5 Å². The van der Waals surface area contributed by atoms with Crippen molar-refractivity contribution in [3.63, 3.8) is 0 Å². The van der Waals surface area contributed by atoms with Crippen LogP contribution in [0.5, 0.6) is 0 Å². The fraction of sp³-hybridized carbons (Fsp3) is 0.333. The van der Waals surface area contributed by atoms with Crippen LogP contribution in [0.25, 0.3) is 0 Å². The van der Waals surface area contributed by atoms with Crippen LogP contribution in [0, 0.1) is 0 Å². The summed E-state index contributed by atoms with van der Waals surface area (Å²) in [6, 6.07) is 7.03. The Labute approximate surface area is 128 Å². The van der Waals surface area contributed by atoms with E-state index in [9.17, 15) is 4.79 Å². The third-order valence-electron chi connectivity index (χ3n) is 3.01. The number of hydrogen-bond acceptors (Lipinski definition) is 4. The van der Waals surface area contributed by atoms with Crippen LogP contribution in [-0.4, -0.2) is 10.9 Å². The fourth-order valence-corrected chi connectivity index (χ4v) is 2.13. The van der Waals surface area contributed by atoms with Gasteiger partial charge in [0.15, 0.2) is 5.69 Å². The number of nitrogens with zero attached hydrogens (tertiary/aromatic N) is 1. The number of carbonyl (C=O) groups is 1. The van der Waals surface area contributed by atoms with Crippen LogP contribution in [0.4, 0.5) is 0 Å². The minimum absolute atomic E-state index is 0.235. The van der Waals surface area contributed by atoms with Crippen molar-refractivity contribution in [3.8, 4) is 0 Å². The summed E-state index contributed by atoms with van der Waals surface area (Å²) in [5, 5.41) is 3.40. The minimum atomic E-state index is -0.298. The van der Waals surface area contributed by atoms with Gasteiger partial charge in [-0.2, -0.15) is 0 Å². The van der Waals surface area contributed by atoms with Gasteiger partial charge >= 0.3 is 0 Å². The number of rotatable bonds is 6. The molecule has 2 aromatic rings. The van der Waals surface area contributed by atoms with Crippen molar-refractivity contribution in [1.82, 2.24) is 10.3 Å². The van der Waals surface area contributed by atoms with E-state index in [-0.39, 0.29) is 17.6 Å². The first kappa shape index (κ1) is 15.5. The van der Waals surface area contributed by atoms with Crippen molar-refractivity contribution < 1.29 is 9.21 Å². The monoisotopic (exact) mass is 307 g/mol. The number of nitrogens with one attached hydrogen (secondary N) is 1. The Morgan fingerprint density at radius 2 is 2.33 bits per heavy atom. The zero-order valence-electron chi connectivity index (χ0n) is 11.8. The lowest BCUT2D eigenvalue weighted by molar-refractivity contribution is 0.0946. The van der Waals surface area contributed by atoms with Gasteiger partial charge in [0.1, 0.15) is 6.26 Å². The van der Waals surface area contributed by atoms with E-state index in [1.54, 1.807) is 12.1 Å². The molecular weight excluding hydrogens is 290 g/mol. The van der Waals surface area contributed by atoms with Crippen molar-refractivity contribution in [1.29, 1.82) is 0 Å². The number of aromatic nitrogens is 1. The molecule has 0 aliphatic heterocycles. The van der Waals surface area contributed by atoms with Crippen LogP contribution in [0.3, 0.4) is 0 Å². The summed E-state index contributed by atoms with van der Waals surface area (Å²) in [4.78, 5) is 16.1. The third-order valence-corrected chi connectivity index (χ3v) is 3.25. The zero-order valence-corrected chi connectivity index (χ0v) is 12.6. The number of carbonyl (C=O) groups excluding carboxylic acids is 1. The van der Waals surface area contributed by atoms with Crippen LogP contribution < -0.4 is 11.1 Å². The van der Waals surface area contributed by atoms with E-state index >= 15 is 0 Å². The molecule has 0 fully saturated rings. The van der Waals surface area contributed by atoms with E-state index in [0.717, 1.165) is 18.4 Å². The number of nitrogens with two attached hydrogens (primary N) is 1. The van der Waals surface area contributed by atoms with Gasteiger partial charge in [-0.25, -0.2) is 4.98 Å². The summed E-state index contributed by atoms with van der Waals surface area (Å²) in [6.45, 7) is 2.41. The fourth-order valence-electron chi connectivity index (χ4n) is 1.92. The first-order valence-electron chi connectivity index (χ1n) is 6.83. The molecule has 112 valence electrons. The Morgan fingerprint density at radius 3 is 3.05 bits per heavy atom. The van der Waals surface area contributed by atoms with Crippen LogP contribution >= 0.6 is 11.6 Å². The Bertz CT molecular complexity index is 612. The van der Waals surface area contributed by atoms with Crippen LogP contribution in [0.1, 0.15) is 47.7 Å². The summed E-state index contributed by atoms with van der Waals surface area (Å²) in [5.41, 5.74) is 7.05. The number of hydrogen-bond donors (Lipinski definition) is 2. The molecule has 1 unspecified atom stereocenters. The second-order valence-electron chi connectivity index (χ2n) is 4.78. The lowest BCUT2D eigenvalue weighted by Crippen LogP contribution is -2.23. The van der Waals surface area contributed by atoms with Gasteiger partial charge in [0.25, 0.3) is 5.91 Å².